The van der Waals surface area contributed by atoms with E-state index < -0.39 is 5.41 Å². The second-order valence-electron chi connectivity index (χ2n) is 5.49. The molecule has 3 N–H and O–H groups in total. The van der Waals surface area contributed by atoms with E-state index in [0.29, 0.717) is 19.4 Å². The van der Waals surface area contributed by atoms with Crippen molar-refractivity contribution in [1.29, 1.82) is 0 Å². The van der Waals surface area contributed by atoms with Crippen molar-refractivity contribution in [2.24, 2.45) is 11.1 Å². The predicted molar refractivity (Wildman–Crippen MR) is 88.2 cm³/mol. The Kier molecular flexibility index (Phi) is 6.68. The van der Waals surface area contributed by atoms with Gasteiger partial charge in [0.05, 0.1) is 25.7 Å². The number of nitrogens with two attached hydrogens (primary N) is 1. The molecule has 5 nitrogen and oxygen atoms in total. The third kappa shape index (κ3) is 3.71. The van der Waals surface area contributed by atoms with E-state index in [9.17, 15) is 4.79 Å². The van der Waals surface area contributed by atoms with Gasteiger partial charge in [0.2, 0.25) is 5.91 Å². The number of carbonyl (C=O) groups is 1. The summed E-state index contributed by atoms with van der Waals surface area (Å²) in [5.41, 5.74) is 6.21. The Labute approximate surface area is 133 Å². The van der Waals surface area contributed by atoms with E-state index in [1.165, 1.54) is 0 Å². The van der Waals surface area contributed by atoms with Crippen LogP contribution >= 0.6 is 0 Å². The molecular formula is C17H28N2O3. The molecule has 1 amide bonds. The maximum Gasteiger partial charge on any atom is 0.227 e. The van der Waals surface area contributed by atoms with Crippen LogP contribution in [0, 0.1) is 5.41 Å². The average Bonchev–Trinajstić information content (AvgIpc) is 2.56. The molecule has 124 valence electrons. The predicted octanol–water partition coefficient (Wildman–Crippen LogP) is 2.65. The van der Waals surface area contributed by atoms with Crippen molar-refractivity contribution in [3.05, 3.63) is 23.8 Å². The zero-order valence-corrected chi connectivity index (χ0v) is 14.2. The molecule has 1 aromatic rings. The van der Waals surface area contributed by atoms with Gasteiger partial charge in [-0.2, -0.15) is 0 Å². The maximum absolute atomic E-state index is 12.6. The van der Waals surface area contributed by atoms with Gasteiger partial charge in [-0.3, -0.25) is 4.79 Å². The minimum absolute atomic E-state index is 0.0163. The number of ether oxygens (including phenoxy) is 2. The second-order valence-corrected chi connectivity index (χ2v) is 5.49. The first-order valence-electron chi connectivity index (χ1n) is 7.70. The molecule has 0 radical (unpaired) electrons. The number of hydrogen-bond donors (Lipinski definition) is 2. The minimum atomic E-state index is -0.514. The molecule has 22 heavy (non-hydrogen) atoms. The molecule has 0 aliphatic rings. The quantitative estimate of drug-likeness (QED) is 0.774. The molecule has 0 aliphatic carbocycles. The van der Waals surface area contributed by atoms with Gasteiger partial charge in [0, 0.05) is 12.1 Å². The number of hydrogen-bond acceptors (Lipinski definition) is 4. The Balaban J connectivity index is 3.01. The lowest BCUT2D eigenvalue weighted by atomic mass is 9.81. The highest BCUT2D eigenvalue weighted by Crippen LogP contribution is 2.31. The molecule has 0 fully saturated rings. The molecule has 1 aromatic carbocycles. The monoisotopic (exact) mass is 308 g/mol. The first-order chi connectivity index (χ1) is 10.5. The Hall–Kier alpha value is -1.75. The summed E-state index contributed by atoms with van der Waals surface area (Å²) >= 11 is 0. The lowest BCUT2D eigenvalue weighted by Gasteiger charge is -2.30. The first-order valence-corrected chi connectivity index (χ1v) is 7.70. The van der Waals surface area contributed by atoms with Gasteiger partial charge in [-0.25, -0.2) is 0 Å². The summed E-state index contributed by atoms with van der Waals surface area (Å²) < 4.78 is 10.6. The normalized spacial score (nSPS) is 12.6. The zero-order chi connectivity index (χ0) is 16.8. The molecule has 0 aromatic heterocycles. The highest BCUT2D eigenvalue weighted by atomic mass is 16.5. The summed E-state index contributed by atoms with van der Waals surface area (Å²) in [6.45, 7) is 6.26. The molecule has 1 atom stereocenters. The van der Waals surface area contributed by atoms with Crippen molar-refractivity contribution in [2.45, 2.75) is 39.7 Å². The fraction of sp³-hybridized carbons (Fsp3) is 0.588. The van der Waals surface area contributed by atoms with Crippen LogP contribution in [0.15, 0.2) is 18.2 Å². The highest BCUT2D eigenvalue weighted by molar-refractivity contribution is 5.83. The third-order valence-corrected chi connectivity index (χ3v) is 4.48. The van der Waals surface area contributed by atoms with Crippen LogP contribution in [0.25, 0.3) is 0 Å². The zero-order valence-electron chi connectivity index (χ0n) is 14.2. The molecule has 0 heterocycles. The number of amides is 1. The number of methoxy groups -OCH3 is 2. The van der Waals surface area contributed by atoms with Gasteiger partial charge in [-0.1, -0.05) is 13.8 Å². The lowest BCUT2D eigenvalue weighted by Crippen LogP contribution is -2.46. The van der Waals surface area contributed by atoms with Crippen LogP contribution in [-0.2, 0) is 4.79 Å². The fourth-order valence-corrected chi connectivity index (χ4v) is 2.56. The van der Waals surface area contributed by atoms with E-state index in [4.69, 9.17) is 15.2 Å². The van der Waals surface area contributed by atoms with Crippen LogP contribution in [0.3, 0.4) is 0 Å². The Morgan fingerprint density at radius 3 is 2.36 bits per heavy atom. The SMILES string of the molecule is CCC(CC)(CN)C(=O)NC(C)c1cc(OC)ccc1OC. The van der Waals surface area contributed by atoms with Crippen LogP contribution in [0.1, 0.15) is 45.2 Å². The Bertz CT molecular complexity index is 490. The Morgan fingerprint density at radius 1 is 1.27 bits per heavy atom. The first kappa shape index (κ1) is 18.3. The molecule has 0 saturated heterocycles. The summed E-state index contributed by atoms with van der Waals surface area (Å²) in [5, 5.41) is 3.06. The molecular weight excluding hydrogens is 280 g/mol. The second kappa shape index (κ2) is 8.03. The lowest BCUT2D eigenvalue weighted by molar-refractivity contribution is -0.131. The molecule has 1 rings (SSSR count). The molecule has 0 bridgehead atoms. The van der Waals surface area contributed by atoms with Gasteiger partial charge in [0.1, 0.15) is 11.5 Å². The molecule has 0 spiro atoms. The number of benzene rings is 1. The van der Waals surface area contributed by atoms with Crippen LogP contribution < -0.4 is 20.5 Å². The molecule has 1 unspecified atom stereocenters. The van der Waals surface area contributed by atoms with Crippen molar-refractivity contribution in [3.63, 3.8) is 0 Å². The smallest absolute Gasteiger partial charge is 0.227 e. The van der Waals surface area contributed by atoms with Crippen molar-refractivity contribution < 1.29 is 14.3 Å². The molecule has 0 saturated carbocycles. The van der Waals surface area contributed by atoms with E-state index in [2.05, 4.69) is 5.32 Å². The number of nitrogens with one attached hydrogen (secondary N) is 1. The fourth-order valence-electron chi connectivity index (χ4n) is 2.56. The van der Waals surface area contributed by atoms with Gasteiger partial charge in [0.25, 0.3) is 0 Å². The summed E-state index contributed by atoms with van der Waals surface area (Å²) in [6.07, 6.45) is 1.43. The van der Waals surface area contributed by atoms with E-state index in [0.717, 1.165) is 17.1 Å². The highest BCUT2D eigenvalue weighted by Gasteiger charge is 2.34. The third-order valence-electron chi connectivity index (χ3n) is 4.48. The summed E-state index contributed by atoms with van der Waals surface area (Å²) in [6, 6.07) is 5.36. The number of rotatable bonds is 8. The van der Waals surface area contributed by atoms with Crippen molar-refractivity contribution >= 4 is 5.91 Å². The Morgan fingerprint density at radius 2 is 1.91 bits per heavy atom. The maximum atomic E-state index is 12.6. The van der Waals surface area contributed by atoms with Gasteiger partial charge in [0.15, 0.2) is 0 Å². The van der Waals surface area contributed by atoms with Crippen molar-refractivity contribution in [2.75, 3.05) is 20.8 Å². The van der Waals surface area contributed by atoms with Gasteiger partial charge >= 0.3 is 0 Å². The van der Waals surface area contributed by atoms with Crippen LogP contribution in [0.2, 0.25) is 0 Å². The largest absolute Gasteiger partial charge is 0.497 e. The van der Waals surface area contributed by atoms with Gasteiger partial charge < -0.3 is 20.5 Å². The van der Waals surface area contributed by atoms with E-state index in [1.807, 2.05) is 39.0 Å². The van der Waals surface area contributed by atoms with Crippen LogP contribution in [0.4, 0.5) is 0 Å². The van der Waals surface area contributed by atoms with E-state index in [1.54, 1.807) is 14.2 Å². The van der Waals surface area contributed by atoms with Gasteiger partial charge in [-0.05, 0) is 38.0 Å². The minimum Gasteiger partial charge on any atom is -0.497 e. The summed E-state index contributed by atoms with van der Waals surface area (Å²) in [5.74, 6) is 1.44. The molecule has 0 aliphatic heterocycles. The topological polar surface area (TPSA) is 73.6 Å². The van der Waals surface area contributed by atoms with Crippen molar-refractivity contribution in [1.82, 2.24) is 5.32 Å². The summed E-state index contributed by atoms with van der Waals surface area (Å²) in [4.78, 5) is 12.6. The average molecular weight is 308 g/mol. The van der Waals surface area contributed by atoms with E-state index >= 15 is 0 Å². The number of carbonyl (C=O) groups excluding carboxylic acids is 1. The van der Waals surface area contributed by atoms with Gasteiger partial charge in [-0.15, -0.1) is 0 Å². The van der Waals surface area contributed by atoms with Crippen LogP contribution in [-0.4, -0.2) is 26.7 Å². The standard InChI is InChI=1S/C17H28N2O3/c1-6-17(7-2,11-18)16(20)19-12(3)14-10-13(21-4)8-9-15(14)22-5/h8-10,12H,6-7,11,18H2,1-5H3,(H,19,20). The van der Waals surface area contributed by atoms with Crippen molar-refractivity contribution in [3.8, 4) is 11.5 Å². The summed E-state index contributed by atoms with van der Waals surface area (Å²) in [7, 11) is 3.23. The van der Waals surface area contributed by atoms with Crippen LogP contribution in [0.5, 0.6) is 11.5 Å². The van der Waals surface area contributed by atoms with E-state index in [-0.39, 0.29) is 11.9 Å². The molecule has 5 heteroatoms.